The van der Waals surface area contributed by atoms with E-state index < -0.39 is 5.97 Å². The number of benzene rings is 3. The Morgan fingerprint density at radius 1 is 0.610 bits per heavy atom. The molecule has 0 amide bonds. The van der Waals surface area contributed by atoms with Crippen molar-refractivity contribution in [2.75, 3.05) is 6.61 Å². The third-order valence-electron chi connectivity index (χ3n) is 7.08. The fraction of sp³-hybridized carbons (Fsp3) is 0.444. The lowest BCUT2D eigenvalue weighted by molar-refractivity contribution is 0.0313. The van der Waals surface area contributed by atoms with Crippen LogP contribution in [0.25, 0.3) is 11.1 Å². The normalized spacial score (nSPS) is 11.7. The molecular formula is C36H46O5. The topological polar surface area (TPSA) is 61.8 Å². The summed E-state index contributed by atoms with van der Waals surface area (Å²) < 4.78 is 16.9. The summed E-state index contributed by atoms with van der Waals surface area (Å²) in [5.74, 6) is 0.985. The van der Waals surface area contributed by atoms with Crippen molar-refractivity contribution < 1.29 is 23.8 Å². The quantitative estimate of drug-likeness (QED) is 0.0937. The highest BCUT2D eigenvalue weighted by atomic mass is 16.5. The van der Waals surface area contributed by atoms with Crippen molar-refractivity contribution in [1.82, 2.24) is 0 Å². The largest absolute Gasteiger partial charge is 0.494 e. The standard InChI is InChI=1S/C36H46O5/c1-5-6-7-8-9-10-11-26-39-33-22-18-30(19-23-33)29-14-16-31(17-15-29)36(38)41-34-24-20-32(21-25-34)35(37)40-28(4)13-12-27(2)3/h14-25,27-28H,5-13,26H2,1-4H3/t28-/m1/s1. The third-order valence-corrected chi connectivity index (χ3v) is 7.08. The Hall–Kier alpha value is -3.60. The van der Waals surface area contributed by atoms with E-state index in [9.17, 15) is 9.59 Å². The molecule has 41 heavy (non-hydrogen) atoms. The first-order valence-corrected chi connectivity index (χ1v) is 15.2. The minimum Gasteiger partial charge on any atom is -0.494 e. The van der Waals surface area contributed by atoms with Crippen LogP contribution in [0.4, 0.5) is 0 Å². The van der Waals surface area contributed by atoms with Crippen molar-refractivity contribution >= 4 is 11.9 Å². The first-order valence-electron chi connectivity index (χ1n) is 15.2. The summed E-state index contributed by atoms with van der Waals surface area (Å²) in [6, 6.07) is 21.8. The lowest BCUT2D eigenvalue weighted by atomic mass is 10.0. The van der Waals surface area contributed by atoms with Gasteiger partial charge in [0.25, 0.3) is 0 Å². The number of carbonyl (C=O) groups is 2. The van der Waals surface area contributed by atoms with Gasteiger partial charge in [0, 0.05) is 0 Å². The molecule has 220 valence electrons. The molecule has 0 saturated carbocycles. The van der Waals surface area contributed by atoms with Crippen molar-refractivity contribution in [3.05, 3.63) is 83.9 Å². The predicted octanol–water partition coefficient (Wildman–Crippen LogP) is 9.68. The number of hydrogen-bond donors (Lipinski definition) is 0. The van der Waals surface area contributed by atoms with Gasteiger partial charge in [-0.15, -0.1) is 0 Å². The van der Waals surface area contributed by atoms with E-state index in [4.69, 9.17) is 14.2 Å². The molecule has 0 bridgehead atoms. The van der Waals surface area contributed by atoms with Crippen molar-refractivity contribution in [2.24, 2.45) is 5.92 Å². The molecular weight excluding hydrogens is 512 g/mol. The molecule has 0 aliphatic rings. The molecule has 0 heterocycles. The van der Waals surface area contributed by atoms with Crippen LogP contribution in [0, 0.1) is 5.92 Å². The number of carbonyl (C=O) groups excluding carboxylic acids is 2. The first kappa shape index (κ1) is 31.9. The zero-order valence-electron chi connectivity index (χ0n) is 25.2. The molecule has 3 aromatic carbocycles. The fourth-order valence-electron chi connectivity index (χ4n) is 4.49. The highest BCUT2D eigenvalue weighted by Crippen LogP contribution is 2.24. The third kappa shape index (κ3) is 11.4. The molecule has 0 fully saturated rings. The van der Waals surface area contributed by atoms with Crippen LogP contribution < -0.4 is 9.47 Å². The summed E-state index contributed by atoms with van der Waals surface area (Å²) in [5, 5.41) is 0. The lowest BCUT2D eigenvalue weighted by Gasteiger charge is -2.14. The van der Waals surface area contributed by atoms with E-state index in [1.807, 2.05) is 43.3 Å². The molecule has 3 rings (SSSR count). The van der Waals surface area contributed by atoms with Crippen LogP contribution in [0.3, 0.4) is 0 Å². The van der Waals surface area contributed by atoms with E-state index in [0.29, 0.717) is 22.8 Å². The highest BCUT2D eigenvalue weighted by Gasteiger charge is 2.14. The maximum Gasteiger partial charge on any atom is 0.343 e. The molecule has 5 heteroatoms. The summed E-state index contributed by atoms with van der Waals surface area (Å²) in [6.45, 7) is 9.19. The monoisotopic (exact) mass is 558 g/mol. The van der Waals surface area contributed by atoms with E-state index in [-0.39, 0.29) is 12.1 Å². The second-order valence-electron chi connectivity index (χ2n) is 11.2. The first-order chi connectivity index (χ1) is 19.9. The van der Waals surface area contributed by atoms with Crippen LogP contribution in [-0.4, -0.2) is 24.6 Å². The van der Waals surface area contributed by atoms with Gasteiger partial charge in [-0.1, -0.05) is 83.6 Å². The molecule has 0 radical (unpaired) electrons. The number of rotatable bonds is 17. The summed E-state index contributed by atoms with van der Waals surface area (Å²) in [6.07, 6.45) is 10.6. The van der Waals surface area contributed by atoms with Crippen molar-refractivity contribution in [1.29, 1.82) is 0 Å². The Labute approximate surface area is 246 Å². The van der Waals surface area contributed by atoms with E-state index in [1.165, 1.54) is 38.5 Å². The number of hydrogen-bond acceptors (Lipinski definition) is 5. The van der Waals surface area contributed by atoms with Gasteiger partial charge >= 0.3 is 11.9 Å². The molecule has 1 atom stereocenters. The van der Waals surface area contributed by atoms with E-state index in [0.717, 1.165) is 42.7 Å². The maximum absolute atomic E-state index is 12.7. The predicted molar refractivity (Wildman–Crippen MR) is 166 cm³/mol. The number of esters is 2. The molecule has 0 saturated heterocycles. The molecule has 0 aliphatic carbocycles. The van der Waals surface area contributed by atoms with E-state index in [1.54, 1.807) is 36.4 Å². The van der Waals surface area contributed by atoms with Gasteiger partial charge in [0.05, 0.1) is 23.8 Å². The molecule has 5 nitrogen and oxygen atoms in total. The average molecular weight is 559 g/mol. The number of ether oxygens (including phenoxy) is 3. The zero-order chi connectivity index (χ0) is 29.5. The van der Waals surface area contributed by atoms with Gasteiger partial charge in [-0.3, -0.25) is 0 Å². The lowest BCUT2D eigenvalue weighted by Crippen LogP contribution is -2.15. The van der Waals surface area contributed by atoms with E-state index in [2.05, 4.69) is 20.8 Å². The summed E-state index contributed by atoms with van der Waals surface area (Å²) in [5.41, 5.74) is 2.94. The maximum atomic E-state index is 12.7. The Kier molecular flexibility index (Phi) is 13.4. The van der Waals surface area contributed by atoms with Crippen LogP contribution in [0.1, 0.15) is 106 Å². The Balaban J connectivity index is 1.44. The van der Waals surface area contributed by atoms with Gasteiger partial charge < -0.3 is 14.2 Å². The number of unbranched alkanes of at least 4 members (excludes halogenated alkanes) is 6. The van der Waals surface area contributed by atoms with Gasteiger partial charge in [0.2, 0.25) is 0 Å². The van der Waals surface area contributed by atoms with E-state index >= 15 is 0 Å². The van der Waals surface area contributed by atoms with Crippen LogP contribution in [0.5, 0.6) is 11.5 Å². The summed E-state index contributed by atoms with van der Waals surface area (Å²) >= 11 is 0. The molecule has 0 unspecified atom stereocenters. The molecule has 0 N–H and O–H groups in total. The Bertz CT molecular complexity index is 1180. The van der Waals surface area contributed by atoms with Gasteiger partial charge in [-0.05, 0) is 91.8 Å². The Morgan fingerprint density at radius 3 is 1.73 bits per heavy atom. The molecule has 0 spiro atoms. The summed E-state index contributed by atoms with van der Waals surface area (Å²) in [4.78, 5) is 25.1. The highest BCUT2D eigenvalue weighted by molar-refractivity contribution is 5.92. The molecule has 0 aliphatic heterocycles. The second-order valence-corrected chi connectivity index (χ2v) is 11.2. The Morgan fingerprint density at radius 2 is 1.12 bits per heavy atom. The van der Waals surface area contributed by atoms with Crippen LogP contribution >= 0.6 is 0 Å². The van der Waals surface area contributed by atoms with Gasteiger partial charge in [0.1, 0.15) is 11.5 Å². The van der Waals surface area contributed by atoms with Crippen molar-refractivity contribution in [2.45, 2.75) is 91.6 Å². The van der Waals surface area contributed by atoms with Gasteiger partial charge in [0.15, 0.2) is 0 Å². The zero-order valence-corrected chi connectivity index (χ0v) is 25.2. The van der Waals surface area contributed by atoms with Gasteiger partial charge in [-0.2, -0.15) is 0 Å². The smallest absolute Gasteiger partial charge is 0.343 e. The minimum absolute atomic E-state index is 0.142. The summed E-state index contributed by atoms with van der Waals surface area (Å²) in [7, 11) is 0. The second kappa shape index (κ2) is 17.3. The van der Waals surface area contributed by atoms with Crippen molar-refractivity contribution in [3.63, 3.8) is 0 Å². The van der Waals surface area contributed by atoms with Crippen LogP contribution in [0.2, 0.25) is 0 Å². The average Bonchev–Trinajstić information content (AvgIpc) is 2.98. The minimum atomic E-state index is -0.455. The SMILES string of the molecule is CCCCCCCCCOc1ccc(-c2ccc(C(=O)Oc3ccc(C(=O)O[C@H](C)CCC(C)C)cc3)cc2)cc1. The van der Waals surface area contributed by atoms with Crippen molar-refractivity contribution in [3.8, 4) is 22.6 Å². The molecule has 0 aromatic heterocycles. The fourth-order valence-corrected chi connectivity index (χ4v) is 4.49. The molecule has 3 aromatic rings. The van der Waals surface area contributed by atoms with Gasteiger partial charge in [-0.25, -0.2) is 9.59 Å². The van der Waals surface area contributed by atoms with Crippen LogP contribution in [-0.2, 0) is 4.74 Å². The van der Waals surface area contributed by atoms with Crippen LogP contribution in [0.15, 0.2) is 72.8 Å².